The summed E-state index contributed by atoms with van der Waals surface area (Å²) in [5.41, 5.74) is -0.739. The van der Waals surface area contributed by atoms with Gasteiger partial charge >= 0.3 is 7.60 Å². The van der Waals surface area contributed by atoms with Gasteiger partial charge < -0.3 is 15.1 Å². The van der Waals surface area contributed by atoms with Crippen molar-refractivity contribution < 1.29 is 19.1 Å². The summed E-state index contributed by atoms with van der Waals surface area (Å²) in [4.78, 5) is 27.7. The van der Waals surface area contributed by atoms with Crippen molar-refractivity contribution >= 4 is 14.0 Å². The van der Waals surface area contributed by atoms with Crippen LogP contribution in [0.25, 0.3) is 0 Å². The summed E-state index contributed by atoms with van der Waals surface area (Å²) in [6.07, 6.45) is 4.78. The van der Waals surface area contributed by atoms with Gasteiger partial charge in [0, 0.05) is 6.54 Å². The molecule has 5 nitrogen and oxygen atoms in total. The Morgan fingerprint density at radius 1 is 1.33 bits per heavy atom. The maximum absolute atomic E-state index is 10.9. The zero-order valence-electron chi connectivity index (χ0n) is 8.63. The third kappa shape index (κ3) is 7.31. The van der Waals surface area contributed by atoms with E-state index in [4.69, 9.17) is 9.79 Å². The van der Waals surface area contributed by atoms with Crippen LogP contribution in [0.4, 0.5) is 0 Å². The molecule has 0 aromatic heterocycles. The molecule has 3 N–H and O–H groups in total. The molecular weight excluding hydrogens is 217 g/mol. The molecule has 0 radical (unpaired) electrons. The Balaban J connectivity index is 3.60. The van der Waals surface area contributed by atoms with Gasteiger partial charge in [-0.05, 0) is 12.8 Å². The topological polar surface area (TPSA) is 86.6 Å². The minimum atomic E-state index is -4.03. The minimum Gasteiger partial charge on any atom is -0.359 e. The number of allylic oxidation sites excluding steroid dienone is 1. The van der Waals surface area contributed by atoms with Crippen LogP contribution >= 0.6 is 7.60 Å². The Morgan fingerprint density at radius 2 is 2.00 bits per heavy atom. The summed E-state index contributed by atoms with van der Waals surface area (Å²) in [6, 6.07) is 0. The van der Waals surface area contributed by atoms with Crippen molar-refractivity contribution in [2.45, 2.75) is 31.3 Å². The molecule has 0 bridgehead atoms. The van der Waals surface area contributed by atoms with Crippen LogP contribution < -0.4 is 5.32 Å². The first-order chi connectivity index (χ1) is 7.02. The molecule has 0 rings (SSSR count). The Labute approximate surface area is 89.7 Å². The van der Waals surface area contributed by atoms with E-state index in [2.05, 4.69) is 11.9 Å². The molecule has 0 heterocycles. The van der Waals surface area contributed by atoms with Crippen LogP contribution in [0.2, 0.25) is 0 Å². The number of nitrogens with one attached hydrogen (secondary N) is 1. The van der Waals surface area contributed by atoms with Crippen molar-refractivity contribution in [2.24, 2.45) is 0 Å². The molecule has 88 valence electrons. The summed E-state index contributed by atoms with van der Waals surface area (Å²) in [6.45, 7) is 4.01. The molecule has 0 aromatic rings. The van der Waals surface area contributed by atoms with E-state index in [1.54, 1.807) is 0 Å². The second-order valence-electron chi connectivity index (χ2n) is 3.31. The molecule has 0 aliphatic carbocycles. The van der Waals surface area contributed by atoms with Crippen molar-refractivity contribution in [2.75, 3.05) is 6.54 Å². The number of carbonyl (C=O) groups is 1. The lowest BCUT2D eigenvalue weighted by Crippen LogP contribution is -2.12. The normalized spacial score (nSPS) is 13.2. The summed E-state index contributed by atoms with van der Waals surface area (Å²) in [5.74, 6) is 0. The van der Waals surface area contributed by atoms with Gasteiger partial charge in [-0.15, -0.1) is 6.58 Å². The monoisotopic (exact) mass is 235 g/mol. The van der Waals surface area contributed by atoms with E-state index in [0.717, 1.165) is 19.3 Å². The largest absolute Gasteiger partial charge is 0.359 e. The van der Waals surface area contributed by atoms with Crippen LogP contribution in [0.1, 0.15) is 25.7 Å². The van der Waals surface area contributed by atoms with E-state index in [1.807, 2.05) is 0 Å². The lowest BCUT2D eigenvalue weighted by atomic mass is 10.1. The third-order valence-corrected chi connectivity index (χ3v) is 3.44. The smallest absolute Gasteiger partial charge is 0.332 e. The van der Waals surface area contributed by atoms with Crippen LogP contribution in [-0.4, -0.2) is 28.4 Å². The van der Waals surface area contributed by atoms with E-state index >= 15 is 0 Å². The zero-order chi connectivity index (χ0) is 11.7. The van der Waals surface area contributed by atoms with Crippen LogP contribution in [0.15, 0.2) is 12.7 Å². The number of unbranched alkanes of at least 4 members (excludes halogenated alkanes) is 2. The van der Waals surface area contributed by atoms with Crippen molar-refractivity contribution in [3.8, 4) is 0 Å². The fraction of sp³-hybridized carbons (Fsp3) is 0.667. The predicted octanol–water partition coefficient (Wildman–Crippen LogP) is 1.03. The molecule has 0 saturated carbocycles. The Kier molecular flexibility index (Phi) is 7.30. The maximum Gasteiger partial charge on any atom is 0.332 e. The van der Waals surface area contributed by atoms with Gasteiger partial charge in [0.1, 0.15) is 0 Å². The first-order valence-corrected chi connectivity index (χ1v) is 6.55. The molecule has 0 fully saturated rings. The number of hydrogen-bond acceptors (Lipinski definition) is 2. The maximum atomic E-state index is 10.9. The molecule has 0 saturated heterocycles. The van der Waals surface area contributed by atoms with Crippen molar-refractivity contribution in [1.82, 2.24) is 5.32 Å². The van der Waals surface area contributed by atoms with Gasteiger partial charge in [-0.2, -0.15) is 0 Å². The van der Waals surface area contributed by atoms with E-state index in [-0.39, 0.29) is 0 Å². The average Bonchev–Trinajstić information content (AvgIpc) is 2.15. The van der Waals surface area contributed by atoms with Crippen molar-refractivity contribution in [3.05, 3.63) is 12.7 Å². The highest BCUT2D eigenvalue weighted by Crippen LogP contribution is 2.44. The van der Waals surface area contributed by atoms with E-state index in [0.29, 0.717) is 19.4 Å². The van der Waals surface area contributed by atoms with Gasteiger partial charge in [-0.3, -0.25) is 9.36 Å². The SMILES string of the molecule is C=CC(CCCCCNC=O)P(=O)(O)O. The van der Waals surface area contributed by atoms with Gasteiger partial charge in [0.15, 0.2) is 0 Å². The van der Waals surface area contributed by atoms with Crippen molar-refractivity contribution in [3.63, 3.8) is 0 Å². The first-order valence-electron chi connectivity index (χ1n) is 4.87. The van der Waals surface area contributed by atoms with Gasteiger partial charge in [-0.25, -0.2) is 0 Å². The molecule has 0 aromatic carbocycles. The molecule has 6 heteroatoms. The molecule has 15 heavy (non-hydrogen) atoms. The van der Waals surface area contributed by atoms with Crippen LogP contribution in [0.5, 0.6) is 0 Å². The molecular formula is C9H18NO4P. The predicted molar refractivity (Wildman–Crippen MR) is 58.6 cm³/mol. The van der Waals surface area contributed by atoms with Gasteiger partial charge in [0.2, 0.25) is 6.41 Å². The zero-order valence-corrected chi connectivity index (χ0v) is 9.53. The fourth-order valence-corrected chi connectivity index (χ4v) is 2.03. The highest BCUT2D eigenvalue weighted by Gasteiger charge is 2.24. The van der Waals surface area contributed by atoms with Gasteiger partial charge in [-0.1, -0.05) is 18.9 Å². The van der Waals surface area contributed by atoms with Crippen LogP contribution in [-0.2, 0) is 9.36 Å². The quantitative estimate of drug-likeness (QED) is 0.241. The average molecular weight is 235 g/mol. The van der Waals surface area contributed by atoms with Crippen LogP contribution in [0, 0.1) is 0 Å². The summed E-state index contributed by atoms with van der Waals surface area (Å²) < 4.78 is 10.9. The highest BCUT2D eigenvalue weighted by molar-refractivity contribution is 7.52. The van der Waals surface area contributed by atoms with E-state index in [9.17, 15) is 9.36 Å². The molecule has 1 unspecified atom stereocenters. The van der Waals surface area contributed by atoms with E-state index in [1.165, 1.54) is 6.08 Å². The van der Waals surface area contributed by atoms with E-state index < -0.39 is 13.3 Å². The minimum absolute atomic E-state index is 0.439. The molecule has 1 amide bonds. The second-order valence-corrected chi connectivity index (χ2v) is 5.15. The lowest BCUT2D eigenvalue weighted by Gasteiger charge is -2.13. The van der Waals surface area contributed by atoms with Gasteiger partial charge in [0.25, 0.3) is 0 Å². The molecule has 0 aliphatic rings. The van der Waals surface area contributed by atoms with Crippen molar-refractivity contribution in [1.29, 1.82) is 0 Å². The number of rotatable bonds is 9. The molecule has 0 spiro atoms. The number of amides is 1. The highest BCUT2D eigenvalue weighted by atomic mass is 31.2. The molecule has 0 aliphatic heterocycles. The molecule has 1 atom stereocenters. The summed E-state index contributed by atoms with van der Waals surface area (Å²) in [7, 11) is -4.03. The second kappa shape index (κ2) is 7.63. The number of hydrogen-bond donors (Lipinski definition) is 3. The Morgan fingerprint density at radius 3 is 2.47 bits per heavy atom. The number of carbonyl (C=O) groups excluding carboxylic acids is 1. The van der Waals surface area contributed by atoms with Gasteiger partial charge in [0.05, 0.1) is 5.66 Å². The Bertz CT molecular complexity index is 238. The Hall–Kier alpha value is -0.640. The standard InChI is InChI=1S/C9H18NO4P/c1-2-9(15(12,13)14)6-4-3-5-7-10-8-11/h2,8-9H,1,3-7H2,(H,10,11)(H2,12,13,14). The fourth-order valence-electron chi connectivity index (χ4n) is 1.24. The lowest BCUT2D eigenvalue weighted by molar-refractivity contribution is -0.109. The summed E-state index contributed by atoms with van der Waals surface area (Å²) in [5, 5.41) is 2.53. The van der Waals surface area contributed by atoms with Crippen LogP contribution in [0.3, 0.4) is 0 Å². The third-order valence-electron chi connectivity index (χ3n) is 2.11. The first kappa shape index (κ1) is 14.4. The summed E-state index contributed by atoms with van der Waals surface area (Å²) >= 11 is 0.